The third-order valence-corrected chi connectivity index (χ3v) is 16.7. The molecule has 0 bridgehead atoms. The number of carboxylic acids is 1. The van der Waals surface area contributed by atoms with Crippen molar-refractivity contribution in [3.63, 3.8) is 0 Å². The maximum atomic E-state index is 15.8. The number of ether oxygens (including phenoxy) is 1. The molecule has 0 radical (unpaired) electrons. The van der Waals surface area contributed by atoms with Crippen LogP contribution in [0.3, 0.4) is 0 Å². The molecule has 5 aliphatic heterocycles. The van der Waals surface area contributed by atoms with Crippen LogP contribution in [0.1, 0.15) is 90.4 Å². The second kappa shape index (κ2) is 21.5. The number of nitrogens with zero attached hydrogens (tertiary/aromatic N) is 7. The quantitative estimate of drug-likeness (QED) is 0.0922. The molecule has 1 atom stereocenters. The van der Waals surface area contributed by atoms with E-state index in [1.54, 1.807) is 53.1 Å². The number of hydrogen-bond donors (Lipinski definition) is 3. The van der Waals surface area contributed by atoms with Crippen molar-refractivity contribution in [3.05, 3.63) is 130 Å². The fraction of sp³-hybridized carbons (Fsp3) is 0.351. The van der Waals surface area contributed by atoms with Crippen LogP contribution in [0, 0.1) is 18.7 Å². The molecule has 0 saturated carbocycles. The topological polar surface area (TPSA) is 215 Å². The Bertz CT molecular complexity index is 3450. The first kappa shape index (κ1) is 52.8. The summed E-state index contributed by atoms with van der Waals surface area (Å²) in [6, 6.07) is 22.8. The summed E-state index contributed by atoms with van der Waals surface area (Å²) < 4.78 is 54.1. The minimum Gasteiger partial charge on any atom is -0.493 e. The monoisotopic (exact) mass is 1100 g/mol. The average Bonchev–Trinajstić information content (AvgIpc) is 4.23. The minimum absolute atomic E-state index is 0.0274. The number of hydrogen-bond acceptors (Lipinski definition) is 14. The predicted molar refractivity (Wildman–Crippen MR) is 286 cm³/mol. The van der Waals surface area contributed by atoms with Crippen LogP contribution in [0.5, 0.6) is 5.75 Å². The molecule has 5 aliphatic rings. The Morgan fingerprint density at radius 3 is 2.30 bits per heavy atom. The molecule has 6 aromatic rings. The third kappa shape index (κ3) is 10.5. The number of likely N-dealkylation sites (tertiary alicyclic amines) is 1. The highest BCUT2D eigenvalue weighted by molar-refractivity contribution is 7.22. The van der Waals surface area contributed by atoms with Gasteiger partial charge >= 0.3 is 5.97 Å². The third-order valence-electron chi connectivity index (χ3n) is 15.7. The van der Waals surface area contributed by atoms with Crippen molar-refractivity contribution in [3.8, 4) is 16.9 Å². The van der Waals surface area contributed by atoms with Gasteiger partial charge in [0.15, 0.2) is 10.8 Å². The number of alkyl halides is 2. The predicted octanol–water partition coefficient (Wildman–Crippen LogP) is 7.19. The fourth-order valence-electron chi connectivity index (χ4n) is 11.4. The summed E-state index contributed by atoms with van der Waals surface area (Å²) in [6.45, 7) is 3.80. The highest BCUT2D eigenvalue weighted by Crippen LogP contribution is 2.39. The van der Waals surface area contributed by atoms with Crippen molar-refractivity contribution in [2.45, 2.75) is 64.0 Å². The molecule has 408 valence electrons. The second-order valence-corrected chi connectivity index (χ2v) is 21.5. The van der Waals surface area contributed by atoms with Gasteiger partial charge in [-0.2, -0.15) is 0 Å². The van der Waals surface area contributed by atoms with E-state index in [-0.39, 0.29) is 112 Å². The zero-order chi connectivity index (χ0) is 55.3. The summed E-state index contributed by atoms with van der Waals surface area (Å²) in [4.78, 5) is 108. The zero-order valence-corrected chi connectivity index (χ0v) is 43.8. The smallest absolute Gasteiger partial charge is 0.355 e. The van der Waals surface area contributed by atoms with Gasteiger partial charge in [-0.15, -0.1) is 0 Å². The lowest BCUT2D eigenvalue weighted by Gasteiger charge is -2.39. The molecule has 79 heavy (non-hydrogen) atoms. The SMILES string of the molecule is Cc1c(OCCC(F)(F)C2CCN(CC(=O)N3CCN(c4cc5c(cc4F)C(=O)N(C4CCC(=O)NC4=O)C5=O)CC3)CC2)cccc1-c1ccc(N2CCc3cccc(C(=O)Nc4nc5ccccc5s4)c3C2)nc1C(=O)O. The Hall–Kier alpha value is -8.24. The largest absolute Gasteiger partial charge is 0.493 e. The number of pyridine rings is 1. The summed E-state index contributed by atoms with van der Waals surface area (Å²) in [5.74, 6) is -8.58. The molecule has 2 aromatic heterocycles. The van der Waals surface area contributed by atoms with E-state index < -0.39 is 59.7 Å². The standard InChI is InChI=1S/C57H54F3N9O9S/c1-32-35(36-12-14-47(62-50(36)55(76)77)68-22-16-33-6-4-8-37(40(33)30-68)51(72)64-56-61-42-9-2-3-11-46(42)79-56)7-5-10-45(32)78-27-19-57(59,60)34-17-20-65(21-18-34)31-49(71)67-25-23-66(24-26-67)44-29-39-38(28-41(44)58)53(74)69(54(39)75)43-13-15-48(70)63-52(43)73/h2-12,14,28-29,34,43H,13,15-27,30-31H2,1H3,(H,76,77)(H,61,64,72)(H,63,70,73). The first-order valence-electron chi connectivity index (χ1n) is 26.2. The lowest BCUT2D eigenvalue weighted by molar-refractivity contribution is -0.136. The summed E-state index contributed by atoms with van der Waals surface area (Å²) in [5.41, 5.74) is 4.17. The number of imide groups is 2. The van der Waals surface area contributed by atoms with Crippen LogP contribution >= 0.6 is 11.3 Å². The molecule has 18 nitrogen and oxygen atoms in total. The van der Waals surface area contributed by atoms with Crippen LogP contribution in [0.4, 0.5) is 29.8 Å². The summed E-state index contributed by atoms with van der Waals surface area (Å²) in [7, 11) is 0. The first-order chi connectivity index (χ1) is 38.0. The minimum atomic E-state index is -3.07. The van der Waals surface area contributed by atoms with Crippen LogP contribution in [0.15, 0.2) is 84.9 Å². The fourth-order valence-corrected chi connectivity index (χ4v) is 12.2. The first-order valence-corrected chi connectivity index (χ1v) is 27.0. The van der Waals surface area contributed by atoms with Crippen molar-refractivity contribution >= 4 is 79.6 Å². The number of amides is 6. The van der Waals surface area contributed by atoms with Crippen molar-refractivity contribution in [1.82, 2.24) is 30.0 Å². The molecular weight excluding hydrogens is 1040 g/mol. The van der Waals surface area contributed by atoms with Gasteiger partial charge in [0.2, 0.25) is 17.7 Å². The van der Waals surface area contributed by atoms with E-state index in [0.717, 1.165) is 32.3 Å². The number of aromatic carboxylic acids is 1. The number of nitrogens with one attached hydrogen (secondary N) is 2. The molecular formula is C57H54F3N9O9S. The maximum absolute atomic E-state index is 15.8. The van der Waals surface area contributed by atoms with Crippen molar-refractivity contribution in [1.29, 1.82) is 0 Å². The van der Waals surface area contributed by atoms with Gasteiger partial charge in [0, 0.05) is 69.2 Å². The Kier molecular flexibility index (Phi) is 14.4. The lowest BCUT2D eigenvalue weighted by Crippen LogP contribution is -2.54. The van der Waals surface area contributed by atoms with Gasteiger partial charge in [-0.1, -0.05) is 47.7 Å². The number of halogens is 3. The average molecular weight is 1100 g/mol. The number of anilines is 3. The Morgan fingerprint density at radius 2 is 1.56 bits per heavy atom. The van der Waals surface area contributed by atoms with E-state index in [1.165, 1.54) is 17.4 Å². The Balaban J connectivity index is 0.659. The number of rotatable bonds is 14. The number of aromatic nitrogens is 2. The van der Waals surface area contributed by atoms with Crippen LogP contribution in [0.25, 0.3) is 21.3 Å². The number of carbonyl (C=O) groups excluding carboxylic acids is 6. The van der Waals surface area contributed by atoms with Crippen molar-refractivity contribution in [2.24, 2.45) is 5.92 Å². The number of carbonyl (C=O) groups is 7. The number of piperazine rings is 1. The number of benzene rings is 4. The highest BCUT2D eigenvalue weighted by Gasteiger charge is 2.46. The van der Waals surface area contributed by atoms with Gasteiger partial charge < -0.3 is 24.5 Å². The van der Waals surface area contributed by atoms with E-state index in [9.17, 15) is 38.7 Å². The summed E-state index contributed by atoms with van der Waals surface area (Å²) in [5, 5.41) is 16.0. The Labute approximate surface area is 455 Å². The highest BCUT2D eigenvalue weighted by atomic mass is 32.1. The second-order valence-electron chi connectivity index (χ2n) is 20.4. The van der Waals surface area contributed by atoms with Gasteiger partial charge in [-0.25, -0.2) is 27.9 Å². The molecule has 22 heteroatoms. The molecule has 0 aliphatic carbocycles. The number of thiazole rings is 1. The van der Waals surface area contributed by atoms with Gasteiger partial charge in [0.25, 0.3) is 23.6 Å². The summed E-state index contributed by atoms with van der Waals surface area (Å²) in [6.07, 6.45) is 0.288. The lowest BCUT2D eigenvalue weighted by atomic mass is 9.89. The van der Waals surface area contributed by atoms with Crippen LogP contribution in [-0.4, -0.2) is 142 Å². The number of carboxylic acid groups (broad SMARTS) is 1. The Morgan fingerprint density at radius 1 is 0.810 bits per heavy atom. The van der Waals surface area contributed by atoms with Crippen molar-refractivity contribution < 1.29 is 56.6 Å². The molecule has 3 saturated heterocycles. The molecule has 3 N–H and O–H groups in total. The molecule has 3 fully saturated rings. The number of para-hydroxylation sites is 1. The van der Waals surface area contributed by atoms with Gasteiger partial charge in [0.05, 0.1) is 40.2 Å². The van der Waals surface area contributed by atoms with E-state index in [0.29, 0.717) is 58.5 Å². The van der Waals surface area contributed by atoms with Crippen molar-refractivity contribution in [2.75, 3.05) is 74.1 Å². The van der Waals surface area contributed by atoms with Gasteiger partial charge in [-0.3, -0.25) is 49.2 Å². The molecule has 6 amide bonds. The molecule has 4 aromatic carbocycles. The molecule has 7 heterocycles. The van der Waals surface area contributed by atoms with Crippen LogP contribution < -0.4 is 25.2 Å². The van der Waals surface area contributed by atoms with E-state index >= 15 is 13.2 Å². The zero-order valence-electron chi connectivity index (χ0n) is 42.9. The van der Waals surface area contributed by atoms with E-state index in [2.05, 4.69) is 20.6 Å². The summed E-state index contributed by atoms with van der Waals surface area (Å²) >= 11 is 1.39. The normalized spacial score (nSPS) is 18.2. The van der Waals surface area contributed by atoms with Crippen LogP contribution in [-0.2, 0) is 27.3 Å². The van der Waals surface area contributed by atoms with Gasteiger partial charge in [-0.05, 0) is 116 Å². The van der Waals surface area contributed by atoms with E-state index in [4.69, 9.17) is 4.74 Å². The molecule has 11 rings (SSSR count). The van der Waals surface area contributed by atoms with Crippen LogP contribution in [0.2, 0.25) is 0 Å². The molecule has 0 spiro atoms. The number of fused-ring (bicyclic) bond motifs is 3. The molecule has 1 unspecified atom stereocenters. The number of piperidine rings is 2. The maximum Gasteiger partial charge on any atom is 0.355 e. The van der Waals surface area contributed by atoms with Gasteiger partial charge in [0.1, 0.15) is 23.4 Å². The van der Waals surface area contributed by atoms with E-state index in [1.807, 2.05) is 46.2 Å².